The molecule has 0 amide bonds. The zero-order chi connectivity index (χ0) is 13.0. The smallest absolute Gasteiger partial charge is 0.314 e. The van der Waals surface area contributed by atoms with Gasteiger partial charge in [0.1, 0.15) is 11.7 Å². The Morgan fingerprint density at radius 2 is 1.76 bits per heavy atom. The molecule has 1 N–H and O–H groups in total. The lowest BCUT2D eigenvalue weighted by Gasteiger charge is -2.13. The average Bonchev–Trinajstić information content (AvgIpc) is 2.25. The SMILES string of the molecule is CC(=O)C(Cc1ccc(N(C)C)cc1)C(=O)O. The van der Waals surface area contributed by atoms with Gasteiger partial charge in [0.15, 0.2) is 0 Å². The van der Waals surface area contributed by atoms with Gasteiger partial charge < -0.3 is 10.0 Å². The molecule has 1 rings (SSSR count). The molecular weight excluding hydrogens is 218 g/mol. The van der Waals surface area contributed by atoms with Gasteiger partial charge in [0, 0.05) is 19.8 Å². The van der Waals surface area contributed by atoms with E-state index in [0.29, 0.717) is 0 Å². The van der Waals surface area contributed by atoms with Gasteiger partial charge in [-0.1, -0.05) is 12.1 Å². The molecule has 1 atom stereocenters. The van der Waals surface area contributed by atoms with Crippen molar-refractivity contribution in [3.63, 3.8) is 0 Å². The third-order valence-electron chi connectivity index (χ3n) is 2.68. The summed E-state index contributed by atoms with van der Waals surface area (Å²) in [4.78, 5) is 24.0. The van der Waals surface area contributed by atoms with Crippen LogP contribution in [0.5, 0.6) is 0 Å². The van der Waals surface area contributed by atoms with Gasteiger partial charge in [0.2, 0.25) is 0 Å². The van der Waals surface area contributed by atoms with Gasteiger partial charge >= 0.3 is 5.97 Å². The quantitative estimate of drug-likeness (QED) is 0.787. The zero-order valence-electron chi connectivity index (χ0n) is 10.3. The lowest BCUT2D eigenvalue weighted by Crippen LogP contribution is -2.23. The van der Waals surface area contributed by atoms with Gasteiger partial charge in [-0.25, -0.2) is 0 Å². The second kappa shape index (κ2) is 5.48. The highest BCUT2D eigenvalue weighted by atomic mass is 16.4. The number of aliphatic carboxylic acids is 1. The van der Waals surface area contributed by atoms with Gasteiger partial charge in [-0.15, -0.1) is 0 Å². The first-order valence-corrected chi connectivity index (χ1v) is 5.41. The maximum Gasteiger partial charge on any atom is 0.314 e. The average molecular weight is 235 g/mol. The number of nitrogens with zero attached hydrogens (tertiary/aromatic N) is 1. The summed E-state index contributed by atoms with van der Waals surface area (Å²) in [7, 11) is 3.87. The standard InChI is InChI=1S/C13H17NO3/c1-9(15)12(13(16)17)8-10-4-6-11(7-5-10)14(2)3/h4-7,12H,8H2,1-3H3,(H,16,17). The van der Waals surface area contributed by atoms with Crippen LogP contribution < -0.4 is 4.90 Å². The van der Waals surface area contributed by atoms with E-state index in [1.807, 2.05) is 43.3 Å². The highest BCUT2D eigenvalue weighted by Gasteiger charge is 2.22. The highest BCUT2D eigenvalue weighted by molar-refractivity contribution is 5.97. The van der Waals surface area contributed by atoms with E-state index in [9.17, 15) is 9.59 Å². The van der Waals surface area contributed by atoms with Crippen LogP contribution in [0.4, 0.5) is 5.69 Å². The number of rotatable bonds is 5. The monoisotopic (exact) mass is 235 g/mol. The molecule has 0 spiro atoms. The van der Waals surface area contributed by atoms with E-state index in [-0.39, 0.29) is 12.2 Å². The molecule has 0 fully saturated rings. The predicted octanol–water partition coefficient (Wildman–Crippen LogP) is 1.58. The third kappa shape index (κ3) is 3.59. The highest BCUT2D eigenvalue weighted by Crippen LogP contribution is 2.15. The summed E-state index contributed by atoms with van der Waals surface area (Å²) in [6, 6.07) is 7.53. The van der Waals surface area contributed by atoms with Gasteiger partial charge in [0.25, 0.3) is 0 Å². The molecular formula is C13H17NO3. The fraction of sp³-hybridized carbons (Fsp3) is 0.385. The van der Waals surface area contributed by atoms with E-state index in [0.717, 1.165) is 11.3 Å². The third-order valence-corrected chi connectivity index (χ3v) is 2.68. The molecule has 0 saturated carbocycles. The molecule has 1 unspecified atom stereocenters. The van der Waals surface area contributed by atoms with Crippen LogP contribution in [0.3, 0.4) is 0 Å². The number of carboxylic acid groups (broad SMARTS) is 1. The molecule has 17 heavy (non-hydrogen) atoms. The van der Waals surface area contributed by atoms with Gasteiger partial charge in [-0.3, -0.25) is 9.59 Å². The molecule has 4 heteroatoms. The molecule has 0 aliphatic heterocycles. The number of carbonyl (C=O) groups excluding carboxylic acids is 1. The van der Waals surface area contributed by atoms with Crippen LogP contribution in [0.15, 0.2) is 24.3 Å². The normalized spacial score (nSPS) is 11.9. The van der Waals surface area contributed by atoms with Crippen molar-refractivity contribution in [2.24, 2.45) is 5.92 Å². The topological polar surface area (TPSA) is 57.6 Å². The Labute approximate surface area is 101 Å². The van der Waals surface area contributed by atoms with Crippen molar-refractivity contribution in [3.8, 4) is 0 Å². The second-order valence-electron chi connectivity index (χ2n) is 4.27. The number of carboxylic acids is 1. The largest absolute Gasteiger partial charge is 0.481 e. The van der Waals surface area contributed by atoms with Crippen LogP contribution in [0.2, 0.25) is 0 Å². The van der Waals surface area contributed by atoms with Crippen molar-refractivity contribution in [1.29, 1.82) is 0 Å². The van der Waals surface area contributed by atoms with Gasteiger partial charge in [-0.05, 0) is 31.0 Å². The van der Waals surface area contributed by atoms with E-state index < -0.39 is 11.9 Å². The molecule has 1 aromatic rings. The summed E-state index contributed by atoms with van der Waals surface area (Å²) in [6.45, 7) is 1.31. The Kier molecular flexibility index (Phi) is 4.26. The zero-order valence-corrected chi connectivity index (χ0v) is 10.3. The molecule has 0 aliphatic carbocycles. The van der Waals surface area contributed by atoms with Crippen LogP contribution in [0.25, 0.3) is 0 Å². The number of hydrogen-bond donors (Lipinski definition) is 1. The fourth-order valence-electron chi connectivity index (χ4n) is 1.57. The first-order valence-electron chi connectivity index (χ1n) is 5.41. The van der Waals surface area contributed by atoms with Crippen molar-refractivity contribution < 1.29 is 14.7 Å². The van der Waals surface area contributed by atoms with E-state index in [1.54, 1.807) is 0 Å². The molecule has 0 aliphatic rings. The fourth-order valence-corrected chi connectivity index (χ4v) is 1.57. The van der Waals surface area contributed by atoms with E-state index in [4.69, 9.17) is 5.11 Å². The number of carbonyl (C=O) groups is 2. The summed E-state index contributed by atoms with van der Waals surface area (Å²) in [6.07, 6.45) is 0.248. The van der Waals surface area contributed by atoms with Gasteiger partial charge in [0.05, 0.1) is 0 Å². The predicted molar refractivity (Wildman–Crippen MR) is 66.3 cm³/mol. The Bertz CT molecular complexity index is 395. The Morgan fingerprint density at radius 1 is 1.24 bits per heavy atom. The minimum Gasteiger partial charge on any atom is -0.481 e. The van der Waals surface area contributed by atoms with Crippen LogP contribution >= 0.6 is 0 Å². The van der Waals surface area contributed by atoms with Crippen LogP contribution in [0, 0.1) is 5.92 Å². The summed E-state index contributed by atoms with van der Waals surface area (Å²) in [5, 5.41) is 8.92. The molecule has 0 bridgehead atoms. The molecule has 1 aromatic carbocycles. The van der Waals surface area contributed by atoms with Gasteiger partial charge in [-0.2, -0.15) is 0 Å². The van der Waals surface area contributed by atoms with Crippen molar-refractivity contribution in [3.05, 3.63) is 29.8 Å². The maximum absolute atomic E-state index is 11.2. The molecule has 0 radical (unpaired) electrons. The molecule has 0 saturated heterocycles. The minimum absolute atomic E-state index is 0.248. The molecule has 4 nitrogen and oxygen atoms in total. The number of hydrogen-bond acceptors (Lipinski definition) is 3. The first-order chi connectivity index (χ1) is 7.91. The van der Waals surface area contributed by atoms with Crippen molar-refractivity contribution in [2.45, 2.75) is 13.3 Å². The number of anilines is 1. The number of benzene rings is 1. The van der Waals surface area contributed by atoms with E-state index >= 15 is 0 Å². The van der Waals surface area contributed by atoms with Crippen molar-refractivity contribution in [1.82, 2.24) is 0 Å². The summed E-state index contributed by atoms with van der Waals surface area (Å²) in [5.41, 5.74) is 1.90. The van der Waals surface area contributed by atoms with Crippen LogP contribution in [0.1, 0.15) is 12.5 Å². The Hall–Kier alpha value is -1.84. The van der Waals surface area contributed by atoms with E-state index in [1.165, 1.54) is 6.92 Å². The summed E-state index contributed by atoms with van der Waals surface area (Å²) >= 11 is 0. The number of ketones is 1. The van der Waals surface area contributed by atoms with Crippen LogP contribution in [-0.2, 0) is 16.0 Å². The Morgan fingerprint density at radius 3 is 2.12 bits per heavy atom. The lowest BCUT2D eigenvalue weighted by molar-refractivity contribution is -0.145. The van der Waals surface area contributed by atoms with Crippen molar-refractivity contribution in [2.75, 3.05) is 19.0 Å². The Balaban J connectivity index is 2.80. The maximum atomic E-state index is 11.2. The van der Waals surface area contributed by atoms with E-state index in [2.05, 4.69) is 0 Å². The molecule has 92 valence electrons. The molecule has 0 aromatic heterocycles. The minimum atomic E-state index is -1.06. The molecule has 0 heterocycles. The van der Waals surface area contributed by atoms with Crippen LogP contribution in [-0.4, -0.2) is 31.0 Å². The lowest BCUT2D eigenvalue weighted by atomic mass is 9.96. The summed E-state index contributed by atoms with van der Waals surface area (Å²) < 4.78 is 0. The second-order valence-corrected chi connectivity index (χ2v) is 4.27. The summed E-state index contributed by atoms with van der Waals surface area (Å²) in [5.74, 6) is -2.32. The first kappa shape index (κ1) is 13.2. The number of Topliss-reactive ketones (excluding diaryl/α,β-unsaturated/α-hetero) is 1. The van der Waals surface area contributed by atoms with Crippen molar-refractivity contribution >= 4 is 17.4 Å².